The lowest BCUT2D eigenvalue weighted by atomic mass is 10.1. The number of carbonyl (C=O) groups is 1. The van der Waals surface area contributed by atoms with Crippen molar-refractivity contribution in [3.63, 3.8) is 0 Å². The molecule has 0 aliphatic carbocycles. The van der Waals surface area contributed by atoms with Crippen LogP contribution in [-0.2, 0) is 11.8 Å². The second-order valence-electron chi connectivity index (χ2n) is 4.84. The summed E-state index contributed by atoms with van der Waals surface area (Å²) >= 11 is 1.41. The first-order valence-corrected chi connectivity index (χ1v) is 7.59. The number of imidazole rings is 1. The van der Waals surface area contributed by atoms with Gasteiger partial charge in [-0.3, -0.25) is 4.79 Å². The summed E-state index contributed by atoms with van der Waals surface area (Å²) in [4.78, 5) is 18.1. The number of aryl methyl sites for hydroxylation is 1. The molecular formula is C15H18FN3OS. The number of rotatable bonds is 5. The van der Waals surface area contributed by atoms with Gasteiger partial charge in [-0.25, -0.2) is 9.37 Å². The Labute approximate surface area is 128 Å². The molecular weight excluding hydrogens is 289 g/mol. The summed E-state index contributed by atoms with van der Waals surface area (Å²) in [5.74, 6) is 0.0671. The summed E-state index contributed by atoms with van der Waals surface area (Å²) in [6.07, 6.45) is 3.55. The van der Waals surface area contributed by atoms with Crippen LogP contribution in [0, 0.1) is 5.82 Å². The van der Waals surface area contributed by atoms with Crippen molar-refractivity contribution in [1.82, 2.24) is 14.5 Å². The average molecular weight is 307 g/mol. The monoisotopic (exact) mass is 307 g/mol. The molecule has 0 aliphatic rings. The predicted molar refractivity (Wildman–Crippen MR) is 81.5 cm³/mol. The maximum atomic E-state index is 12.9. The van der Waals surface area contributed by atoms with Crippen LogP contribution >= 0.6 is 11.8 Å². The normalized spacial score (nSPS) is 12.2. The van der Waals surface area contributed by atoms with Gasteiger partial charge in [0.2, 0.25) is 5.91 Å². The molecule has 0 bridgehead atoms. The Kier molecular flexibility index (Phi) is 5.01. The van der Waals surface area contributed by atoms with E-state index in [0.717, 1.165) is 10.7 Å². The SMILES string of the molecule is CC(c1ccc(F)cc1)N(C)C(=O)CSc1nccn1C. The van der Waals surface area contributed by atoms with E-state index in [1.165, 1.54) is 23.9 Å². The van der Waals surface area contributed by atoms with E-state index in [0.29, 0.717) is 5.75 Å². The lowest BCUT2D eigenvalue weighted by Crippen LogP contribution is -2.31. The van der Waals surface area contributed by atoms with Crippen molar-refractivity contribution in [3.8, 4) is 0 Å². The Hall–Kier alpha value is -1.82. The van der Waals surface area contributed by atoms with Crippen LogP contribution in [0.4, 0.5) is 4.39 Å². The zero-order chi connectivity index (χ0) is 15.4. The first-order chi connectivity index (χ1) is 9.99. The third kappa shape index (κ3) is 3.85. The largest absolute Gasteiger partial charge is 0.338 e. The molecule has 0 fully saturated rings. The fourth-order valence-corrected chi connectivity index (χ4v) is 2.76. The highest BCUT2D eigenvalue weighted by Gasteiger charge is 2.18. The Balaban J connectivity index is 1.95. The van der Waals surface area contributed by atoms with Gasteiger partial charge in [0, 0.05) is 26.5 Å². The molecule has 0 N–H and O–H groups in total. The van der Waals surface area contributed by atoms with Crippen molar-refractivity contribution in [3.05, 3.63) is 48.0 Å². The quantitative estimate of drug-likeness (QED) is 0.797. The van der Waals surface area contributed by atoms with E-state index >= 15 is 0 Å². The summed E-state index contributed by atoms with van der Waals surface area (Å²) in [6.45, 7) is 1.93. The molecule has 1 heterocycles. The number of halogens is 1. The predicted octanol–water partition coefficient (Wildman–Crippen LogP) is 2.87. The molecule has 1 aromatic heterocycles. The van der Waals surface area contributed by atoms with Crippen molar-refractivity contribution in [2.45, 2.75) is 18.1 Å². The number of hydrogen-bond donors (Lipinski definition) is 0. The van der Waals surface area contributed by atoms with Crippen molar-refractivity contribution in [2.24, 2.45) is 7.05 Å². The van der Waals surface area contributed by atoms with Gasteiger partial charge in [0.25, 0.3) is 0 Å². The van der Waals surface area contributed by atoms with Crippen LogP contribution < -0.4 is 0 Å². The highest BCUT2D eigenvalue weighted by Crippen LogP contribution is 2.21. The Bertz CT molecular complexity index is 612. The van der Waals surface area contributed by atoms with Crippen LogP contribution in [0.25, 0.3) is 0 Å². The Morgan fingerprint density at radius 1 is 1.43 bits per heavy atom. The fourth-order valence-electron chi connectivity index (χ4n) is 1.90. The van der Waals surface area contributed by atoms with Crippen molar-refractivity contribution >= 4 is 17.7 Å². The molecule has 1 aromatic carbocycles. The summed E-state index contributed by atoms with van der Waals surface area (Å²) < 4.78 is 14.8. The second-order valence-corrected chi connectivity index (χ2v) is 5.78. The van der Waals surface area contributed by atoms with Crippen LogP contribution in [0.2, 0.25) is 0 Å². The van der Waals surface area contributed by atoms with Crippen LogP contribution in [0.5, 0.6) is 0 Å². The van der Waals surface area contributed by atoms with Crippen LogP contribution in [0.1, 0.15) is 18.5 Å². The van der Waals surface area contributed by atoms with E-state index in [-0.39, 0.29) is 17.8 Å². The van der Waals surface area contributed by atoms with Crippen molar-refractivity contribution in [2.75, 3.05) is 12.8 Å². The number of hydrogen-bond acceptors (Lipinski definition) is 3. The number of thioether (sulfide) groups is 1. The van der Waals surface area contributed by atoms with Gasteiger partial charge in [-0.1, -0.05) is 23.9 Å². The third-order valence-electron chi connectivity index (χ3n) is 3.43. The lowest BCUT2D eigenvalue weighted by Gasteiger charge is -2.25. The zero-order valence-corrected chi connectivity index (χ0v) is 13.1. The van der Waals surface area contributed by atoms with E-state index in [1.54, 1.807) is 30.3 Å². The number of benzene rings is 1. The minimum absolute atomic E-state index is 0.0137. The molecule has 1 unspecified atom stereocenters. The van der Waals surface area contributed by atoms with E-state index in [2.05, 4.69) is 4.98 Å². The van der Waals surface area contributed by atoms with Gasteiger partial charge in [0.15, 0.2) is 5.16 Å². The lowest BCUT2D eigenvalue weighted by molar-refractivity contribution is -0.128. The molecule has 0 saturated carbocycles. The van der Waals surface area contributed by atoms with Gasteiger partial charge in [0.05, 0.1) is 11.8 Å². The fraction of sp³-hybridized carbons (Fsp3) is 0.333. The molecule has 6 heteroatoms. The van der Waals surface area contributed by atoms with Gasteiger partial charge in [0.1, 0.15) is 5.82 Å². The summed E-state index contributed by atoms with van der Waals surface area (Å²) in [5, 5.41) is 0.811. The third-order valence-corrected chi connectivity index (χ3v) is 4.47. The molecule has 0 radical (unpaired) electrons. The van der Waals surface area contributed by atoms with Gasteiger partial charge in [-0.15, -0.1) is 0 Å². The summed E-state index contributed by atoms with van der Waals surface area (Å²) in [7, 11) is 3.65. The van der Waals surface area contributed by atoms with E-state index in [9.17, 15) is 9.18 Å². The minimum Gasteiger partial charge on any atom is -0.338 e. The number of nitrogens with zero attached hydrogens (tertiary/aromatic N) is 3. The van der Waals surface area contributed by atoms with Gasteiger partial charge in [-0.2, -0.15) is 0 Å². The Morgan fingerprint density at radius 3 is 2.67 bits per heavy atom. The molecule has 1 amide bonds. The van der Waals surface area contributed by atoms with Gasteiger partial charge < -0.3 is 9.47 Å². The molecule has 21 heavy (non-hydrogen) atoms. The zero-order valence-electron chi connectivity index (χ0n) is 12.3. The average Bonchev–Trinajstić information content (AvgIpc) is 2.89. The molecule has 1 atom stereocenters. The molecule has 0 saturated heterocycles. The topological polar surface area (TPSA) is 38.1 Å². The molecule has 4 nitrogen and oxygen atoms in total. The molecule has 0 spiro atoms. The van der Waals surface area contributed by atoms with E-state index in [1.807, 2.05) is 24.7 Å². The van der Waals surface area contributed by atoms with E-state index in [4.69, 9.17) is 0 Å². The molecule has 2 aromatic rings. The van der Waals surface area contributed by atoms with Crippen molar-refractivity contribution in [1.29, 1.82) is 0 Å². The summed E-state index contributed by atoms with van der Waals surface area (Å²) in [5.41, 5.74) is 0.911. The van der Waals surface area contributed by atoms with Gasteiger partial charge in [-0.05, 0) is 24.6 Å². The molecule has 2 rings (SSSR count). The second kappa shape index (κ2) is 6.76. The highest BCUT2D eigenvalue weighted by atomic mass is 32.2. The number of carbonyl (C=O) groups excluding carboxylic acids is 1. The van der Waals surface area contributed by atoms with Crippen LogP contribution in [0.15, 0.2) is 41.8 Å². The van der Waals surface area contributed by atoms with Crippen LogP contribution in [-0.4, -0.2) is 33.2 Å². The maximum absolute atomic E-state index is 12.9. The van der Waals surface area contributed by atoms with Crippen LogP contribution in [0.3, 0.4) is 0 Å². The van der Waals surface area contributed by atoms with E-state index < -0.39 is 0 Å². The highest BCUT2D eigenvalue weighted by molar-refractivity contribution is 7.99. The van der Waals surface area contributed by atoms with Crippen molar-refractivity contribution < 1.29 is 9.18 Å². The smallest absolute Gasteiger partial charge is 0.233 e. The maximum Gasteiger partial charge on any atom is 0.233 e. The first kappa shape index (κ1) is 15.6. The Morgan fingerprint density at radius 2 is 2.10 bits per heavy atom. The first-order valence-electron chi connectivity index (χ1n) is 6.60. The molecule has 112 valence electrons. The minimum atomic E-state index is -0.273. The standard InChI is InChI=1S/C15H18FN3OS/c1-11(12-4-6-13(16)7-5-12)19(3)14(20)10-21-15-17-8-9-18(15)2/h4-9,11H,10H2,1-3H3. The number of aromatic nitrogens is 2. The molecule has 0 aliphatic heterocycles. The number of amides is 1. The van der Waals surface area contributed by atoms with Gasteiger partial charge >= 0.3 is 0 Å². The summed E-state index contributed by atoms with van der Waals surface area (Å²) in [6, 6.07) is 6.13.